The third-order valence-corrected chi connectivity index (χ3v) is 5.00. The highest BCUT2D eigenvalue weighted by Gasteiger charge is 2.12. The molecule has 4 rings (SSSR count). The van der Waals surface area contributed by atoms with Gasteiger partial charge in [-0.25, -0.2) is 9.00 Å². The van der Waals surface area contributed by atoms with Crippen molar-refractivity contribution in [3.8, 4) is 0 Å². The van der Waals surface area contributed by atoms with Gasteiger partial charge in [0.2, 0.25) is 9.23 Å². The molecule has 0 bridgehead atoms. The number of anilines is 2. The minimum atomic E-state index is -1.67. The Morgan fingerprint density at radius 3 is 1.73 bits per heavy atom. The molecule has 12 nitrogen and oxygen atoms in total. The number of hydrogen-bond donors (Lipinski definition) is 5. The quantitative estimate of drug-likeness (QED) is 0.163. The summed E-state index contributed by atoms with van der Waals surface area (Å²) in [6, 6.07) is 14.3. The van der Waals surface area contributed by atoms with Crippen LogP contribution in [-0.4, -0.2) is 51.0 Å². The average Bonchev–Trinajstić information content (AvgIpc) is 3.43. The summed E-state index contributed by atoms with van der Waals surface area (Å²) in [4.78, 5) is 22.4. The predicted octanol–water partition coefficient (Wildman–Crippen LogP) is 3.70. The van der Waals surface area contributed by atoms with Crippen LogP contribution in [0.15, 0.2) is 60.9 Å². The van der Waals surface area contributed by atoms with Crippen molar-refractivity contribution in [3.63, 3.8) is 0 Å². The third kappa shape index (κ3) is 13.4. The van der Waals surface area contributed by atoms with E-state index in [-0.39, 0.29) is 24.7 Å². The van der Waals surface area contributed by atoms with Gasteiger partial charge < -0.3 is 26.4 Å². The number of nitrogen functional groups attached to an aromatic ring is 1. The highest BCUT2D eigenvalue weighted by molar-refractivity contribution is 8.26. The van der Waals surface area contributed by atoms with Crippen LogP contribution >= 0.6 is 21.4 Å². The molecule has 0 aliphatic rings. The van der Waals surface area contributed by atoms with Crippen molar-refractivity contribution in [2.45, 2.75) is 27.1 Å². The lowest BCUT2D eigenvalue weighted by Crippen LogP contribution is -2.12. The van der Waals surface area contributed by atoms with Crippen LogP contribution in [0.1, 0.15) is 43.2 Å². The van der Waals surface area contributed by atoms with Crippen LogP contribution in [0.25, 0.3) is 0 Å². The van der Waals surface area contributed by atoms with Crippen LogP contribution < -0.4 is 11.1 Å². The molecule has 15 heteroatoms. The molecule has 222 valence electrons. The fourth-order valence-electron chi connectivity index (χ4n) is 3.27. The first-order valence-electron chi connectivity index (χ1n) is 11.7. The second kappa shape index (κ2) is 17.8. The molecule has 6 N–H and O–H groups in total. The smallest absolute Gasteiger partial charge is 0.339 e. The number of nitrogens with one attached hydrogen (secondary N) is 1. The Morgan fingerprint density at radius 2 is 1.37 bits per heavy atom. The fourth-order valence-corrected chi connectivity index (χ4v) is 3.27. The number of amides is 1. The summed E-state index contributed by atoms with van der Waals surface area (Å²) in [5.74, 6) is -1.12. The van der Waals surface area contributed by atoms with Crippen molar-refractivity contribution in [2.75, 3.05) is 11.1 Å². The number of aromatic nitrogens is 4. The number of benzene rings is 2. The van der Waals surface area contributed by atoms with Gasteiger partial charge in [-0.1, -0.05) is 24.3 Å². The van der Waals surface area contributed by atoms with Crippen LogP contribution in [0.4, 0.5) is 11.4 Å². The van der Waals surface area contributed by atoms with Crippen molar-refractivity contribution in [1.82, 2.24) is 19.6 Å². The zero-order valence-electron chi connectivity index (χ0n) is 22.8. The van der Waals surface area contributed by atoms with E-state index in [1.54, 1.807) is 75.2 Å². The normalized spacial score (nSPS) is 9.88. The number of carboxylic acids is 1. The minimum absolute atomic E-state index is 0.0460. The molecule has 0 fully saturated rings. The lowest BCUT2D eigenvalue weighted by molar-refractivity contribution is 0.0695. The van der Waals surface area contributed by atoms with E-state index in [1.807, 2.05) is 12.1 Å². The molecular formula is C26H32Cl2N6O6S. The number of nitrogens with zero attached hydrogens (tertiary/aromatic N) is 4. The lowest BCUT2D eigenvalue weighted by atomic mass is 10.2. The fraction of sp³-hybridized carbons (Fsp3) is 0.231. The number of hydrogen-bond acceptors (Lipinski definition) is 8. The summed E-state index contributed by atoms with van der Waals surface area (Å²) < 4.78 is 12.2. The minimum Gasteiger partial charge on any atom is -0.478 e. The first-order chi connectivity index (χ1) is 19.3. The molecule has 4 aromatic rings. The lowest BCUT2D eigenvalue weighted by Gasteiger charge is -2.05. The highest BCUT2D eigenvalue weighted by Crippen LogP contribution is 2.13. The molecule has 0 unspecified atom stereocenters. The number of rotatable bonds is 5. The van der Waals surface area contributed by atoms with Gasteiger partial charge in [0.25, 0.3) is 5.91 Å². The van der Waals surface area contributed by atoms with Gasteiger partial charge in [0.05, 0.1) is 30.2 Å². The number of aromatic carboxylic acids is 1. The summed E-state index contributed by atoms with van der Waals surface area (Å²) in [6.07, 6.45) is 3.16. The van der Waals surface area contributed by atoms with Crippen molar-refractivity contribution < 1.29 is 29.1 Å². The summed E-state index contributed by atoms with van der Waals surface area (Å²) >= 11 is 0. The molecule has 2 aromatic heterocycles. The van der Waals surface area contributed by atoms with Gasteiger partial charge in [0, 0.05) is 59.2 Å². The molecule has 0 aliphatic heterocycles. The van der Waals surface area contributed by atoms with Gasteiger partial charge in [0.1, 0.15) is 5.56 Å². The molecule has 0 saturated heterocycles. The summed E-state index contributed by atoms with van der Waals surface area (Å²) in [5.41, 5.74) is 10.5. The van der Waals surface area contributed by atoms with Gasteiger partial charge in [0.15, 0.2) is 0 Å². The molecule has 0 atom stereocenters. The maximum Gasteiger partial charge on any atom is 0.339 e. The maximum absolute atomic E-state index is 12.0. The SMILES string of the molecule is Cc1nn(C)cc1C(=O)Nc1cccc(CO)c1.Cc1nn(C)cc1C(=O)O.Nc1cccc(CO)c1.O=S(Cl)Cl. The highest BCUT2D eigenvalue weighted by atomic mass is 36.0. The summed E-state index contributed by atoms with van der Waals surface area (Å²) in [5, 5.41) is 36.9. The molecule has 0 aliphatic carbocycles. The van der Waals surface area contributed by atoms with Gasteiger partial charge >= 0.3 is 5.97 Å². The Kier molecular flexibility index (Phi) is 15.3. The van der Waals surface area contributed by atoms with Gasteiger partial charge in [-0.15, -0.1) is 0 Å². The van der Waals surface area contributed by atoms with Crippen LogP contribution in [0.5, 0.6) is 0 Å². The monoisotopic (exact) mass is 626 g/mol. The van der Waals surface area contributed by atoms with E-state index < -0.39 is 15.2 Å². The van der Waals surface area contributed by atoms with Gasteiger partial charge in [-0.3, -0.25) is 14.2 Å². The molecule has 41 heavy (non-hydrogen) atoms. The van der Waals surface area contributed by atoms with Crippen molar-refractivity contribution >= 4 is 53.8 Å². The Bertz CT molecular complexity index is 1460. The maximum atomic E-state index is 12.0. The Balaban J connectivity index is 0.000000310. The van der Waals surface area contributed by atoms with E-state index in [1.165, 1.54) is 10.9 Å². The Hall–Kier alpha value is -3.75. The van der Waals surface area contributed by atoms with Gasteiger partial charge in [-0.2, -0.15) is 10.2 Å². The number of carbonyl (C=O) groups excluding carboxylic acids is 1. The van der Waals surface area contributed by atoms with E-state index in [2.05, 4.69) is 36.9 Å². The summed E-state index contributed by atoms with van der Waals surface area (Å²) in [6.45, 7) is 3.48. The topological polar surface area (TPSA) is 186 Å². The van der Waals surface area contributed by atoms with E-state index in [4.69, 9.17) is 25.3 Å². The molecule has 1 amide bonds. The zero-order chi connectivity index (χ0) is 31.1. The van der Waals surface area contributed by atoms with Crippen molar-refractivity contribution in [3.05, 3.63) is 94.6 Å². The van der Waals surface area contributed by atoms with Crippen molar-refractivity contribution in [2.24, 2.45) is 14.1 Å². The number of aryl methyl sites for hydroxylation is 4. The number of carbonyl (C=O) groups is 2. The van der Waals surface area contributed by atoms with Crippen LogP contribution in [0.3, 0.4) is 0 Å². The third-order valence-electron chi connectivity index (χ3n) is 5.00. The van der Waals surface area contributed by atoms with Crippen LogP contribution in [-0.2, 0) is 36.5 Å². The Morgan fingerprint density at radius 1 is 0.902 bits per heavy atom. The van der Waals surface area contributed by atoms with Crippen molar-refractivity contribution in [1.29, 1.82) is 0 Å². The largest absolute Gasteiger partial charge is 0.478 e. The second-order valence-electron chi connectivity index (χ2n) is 8.31. The van der Waals surface area contributed by atoms with E-state index in [9.17, 15) is 9.59 Å². The van der Waals surface area contributed by atoms with E-state index >= 15 is 0 Å². The standard InChI is InChI=1S/C13H15N3O2.C7H9NO.C6H8N2O2.Cl2OS/c1-9-12(7-16(2)15-9)13(18)14-11-5-3-4-10(6-11)8-17;8-7-3-1-2-6(4-7)5-9;1-4-5(6(9)10)3-8(2)7-4;1-4(2)3/h3-7,17H,8H2,1-2H3,(H,14,18);1-4,9H,5,8H2;3H,1-2H3,(H,9,10);. The van der Waals surface area contributed by atoms with Crippen LogP contribution in [0, 0.1) is 13.8 Å². The van der Waals surface area contributed by atoms with E-state index in [0.717, 1.165) is 11.1 Å². The van der Waals surface area contributed by atoms with Gasteiger partial charge in [-0.05, 0) is 49.2 Å². The number of halogens is 2. The molecule has 0 radical (unpaired) electrons. The molecule has 2 aromatic carbocycles. The number of carboxylic acid groups (broad SMARTS) is 1. The molecule has 2 heterocycles. The molecular weight excluding hydrogens is 595 g/mol. The summed E-state index contributed by atoms with van der Waals surface area (Å²) in [7, 11) is 10.8. The first kappa shape index (κ1) is 35.3. The second-order valence-corrected chi connectivity index (χ2v) is 10.8. The average molecular weight is 628 g/mol. The zero-order valence-corrected chi connectivity index (χ0v) is 25.1. The number of aliphatic hydroxyl groups is 2. The number of nitrogens with two attached hydrogens (primary N) is 1. The van der Waals surface area contributed by atoms with E-state index in [0.29, 0.717) is 28.3 Å². The molecule has 0 saturated carbocycles. The number of aliphatic hydroxyl groups excluding tert-OH is 2. The molecule has 0 spiro atoms. The predicted molar refractivity (Wildman–Crippen MR) is 160 cm³/mol. The van der Waals surface area contributed by atoms with Crippen LogP contribution in [0.2, 0.25) is 0 Å². The first-order valence-corrected chi connectivity index (χ1v) is 14.5. The Labute approximate surface area is 248 Å².